The molecule has 2 aromatic heterocycles. The standard InChI is InChI=1S/C44H50N8O9/c1-6-60-40(50-44(56)59-5)42(54)52-18-8-10-35(52)39-46-21-32(47-39)26-13-15-30-25(19-26)11-16-31-29-14-12-27(20-28(29)23-61-37(30)31)33-22-45-38(48-33)34-9-7-17-51(34)41(53)36(24(2)57-3)49-43(55)58-4/h11-16,19-22,24,34-36,40H,6-10,17-18,23H2,1-5H3,(H,45,48)(H,46,47)(H,49,55)(H,50,56)/t24-,34+,35+,36+,40+/m1/s1. The number of alkyl carbamates (subject to hydrolysis) is 2. The second-order valence-electron chi connectivity index (χ2n) is 15.3. The second-order valence-corrected chi connectivity index (χ2v) is 15.3. The molecule has 5 atom stereocenters. The predicted octanol–water partition coefficient (Wildman–Crippen LogP) is 5.98. The number of hydrogen-bond acceptors (Lipinski definition) is 11. The van der Waals surface area contributed by atoms with Crippen LogP contribution in [0.25, 0.3) is 44.4 Å². The number of fused-ring (bicyclic) bond motifs is 5. The van der Waals surface area contributed by atoms with Gasteiger partial charge in [0, 0.05) is 43.3 Å². The Kier molecular flexibility index (Phi) is 11.9. The summed E-state index contributed by atoms with van der Waals surface area (Å²) in [4.78, 5) is 70.9. The molecular weight excluding hydrogens is 785 g/mol. The van der Waals surface area contributed by atoms with E-state index in [1.54, 1.807) is 36.0 Å². The van der Waals surface area contributed by atoms with Gasteiger partial charge in [-0.15, -0.1) is 0 Å². The average Bonchev–Trinajstić information content (AvgIpc) is 4.14. The molecule has 3 aromatic carbocycles. The average molecular weight is 835 g/mol. The van der Waals surface area contributed by atoms with Gasteiger partial charge in [0.25, 0.3) is 5.91 Å². The van der Waals surface area contributed by atoms with Crippen molar-refractivity contribution < 1.29 is 42.9 Å². The Labute approximate surface area is 352 Å². The Hall–Kier alpha value is -6.46. The van der Waals surface area contributed by atoms with Crippen LogP contribution >= 0.6 is 0 Å². The van der Waals surface area contributed by atoms with E-state index >= 15 is 0 Å². The van der Waals surface area contributed by atoms with Gasteiger partial charge in [0.15, 0.2) is 0 Å². The summed E-state index contributed by atoms with van der Waals surface area (Å²) in [7, 11) is 3.99. The van der Waals surface area contributed by atoms with Crippen molar-refractivity contribution in [1.82, 2.24) is 40.4 Å². The van der Waals surface area contributed by atoms with Crippen LogP contribution < -0.4 is 15.4 Å². The Morgan fingerprint density at radius 3 is 2.05 bits per heavy atom. The number of aromatic nitrogens is 4. The van der Waals surface area contributed by atoms with Crippen molar-refractivity contribution >= 4 is 34.8 Å². The van der Waals surface area contributed by atoms with Crippen molar-refractivity contribution in [2.75, 3.05) is 41.0 Å². The summed E-state index contributed by atoms with van der Waals surface area (Å²) in [6, 6.07) is 15.2. The number of H-pyrrole nitrogens is 2. The maximum Gasteiger partial charge on any atom is 0.409 e. The van der Waals surface area contributed by atoms with Crippen LogP contribution in [0.1, 0.15) is 68.8 Å². The van der Waals surface area contributed by atoms with Gasteiger partial charge < -0.3 is 48.8 Å². The summed E-state index contributed by atoms with van der Waals surface area (Å²) in [5.41, 5.74) is 6.65. The van der Waals surface area contributed by atoms with Crippen LogP contribution in [-0.4, -0.2) is 113 Å². The highest BCUT2D eigenvalue weighted by molar-refractivity contribution is 5.98. The van der Waals surface area contributed by atoms with Crippen LogP contribution in [0, 0.1) is 0 Å². The van der Waals surface area contributed by atoms with Gasteiger partial charge in [-0.25, -0.2) is 19.6 Å². The molecule has 0 spiro atoms. The highest BCUT2D eigenvalue weighted by atomic mass is 16.6. The van der Waals surface area contributed by atoms with Crippen molar-refractivity contribution in [3.63, 3.8) is 0 Å². The fraction of sp³-hybridized carbons (Fsp3) is 0.409. The molecule has 61 heavy (non-hydrogen) atoms. The summed E-state index contributed by atoms with van der Waals surface area (Å²) in [6.45, 7) is 5.16. The fourth-order valence-corrected chi connectivity index (χ4v) is 8.60. The molecular formula is C44H50N8O9. The minimum absolute atomic E-state index is 0.241. The lowest BCUT2D eigenvalue weighted by atomic mass is 9.92. The number of nitrogens with zero attached hydrogens (tertiary/aromatic N) is 4. The zero-order chi connectivity index (χ0) is 42.8. The highest BCUT2D eigenvalue weighted by Gasteiger charge is 2.39. The van der Waals surface area contributed by atoms with E-state index in [1.807, 2.05) is 6.07 Å². The summed E-state index contributed by atoms with van der Waals surface area (Å²) in [5, 5.41) is 7.10. The number of likely N-dealkylation sites (tertiary alicyclic amines) is 2. The SMILES string of the molecule is CCO[C@H](NC(=O)OC)C(=O)N1CCC[C@H]1c1ncc(-c2ccc3c4c(ccc3c2)-c2ccc(-c3cnc([C@@H]5CCCN5C(=O)[C@@H](NC(=O)OC)[C@@H](C)OC)[nH]3)cc2CO4)[nH]1. The van der Waals surface area contributed by atoms with Crippen molar-refractivity contribution in [2.45, 2.75) is 76.6 Å². The van der Waals surface area contributed by atoms with Gasteiger partial charge in [-0.3, -0.25) is 14.9 Å². The Morgan fingerprint density at radius 1 is 0.803 bits per heavy atom. The number of aromatic amines is 2. The third-order valence-corrected chi connectivity index (χ3v) is 11.8. The van der Waals surface area contributed by atoms with Crippen molar-refractivity contribution in [2.24, 2.45) is 0 Å². The topological polar surface area (TPSA) is 202 Å². The number of ether oxygens (including phenoxy) is 5. The van der Waals surface area contributed by atoms with E-state index in [0.717, 1.165) is 81.4 Å². The largest absolute Gasteiger partial charge is 0.488 e. The van der Waals surface area contributed by atoms with E-state index in [2.05, 4.69) is 68.1 Å². The quantitative estimate of drug-likeness (QED) is 0.108. The maximum absolute atomic E-state index is 13.7. The molecule has 0 radical (unpaired) electrons. The van der Waals surface area contributed by atoms with Crippen molar-refractivity contribution in [3.8, 4) is 39.4 Å². The minimum Gasteiger partial charge on any atom is -0.488 e. The Balaban J connectivity index is 0.982. The monoisotopic (exact) mass is 834 g/mol. The molecule has 4 N–H and O–H groups in total. The third kappa shape index (κ3) is 8.10. The number of hydrogen-bond donors (Lipinski definition) is 4. The molecule has 2 fully saturated rings. The van der Waals surface area contributed by atoms with Crippen LogP contribution in [0.3, 0.4) is 0 Å². The molecule has 0 unspecified atom stereocenters. The third-order valence-electron chi connectivity index (χ3n) is 11.8. The van der Waals surface area contributed by atoms with Crippen molar-refractivity contribution in [1.29, 1.82) is 0 Å². The molecule has 5 aromatic rings. The van der Waals surface area contributed by atoms with Crippen LogP contribution in [0.15, 0.2) is 60.9 Å². The molecule has 5 heterocycles. The van der Waals surface area contributed by atoms with Gasteiger partial charge in [0.1, 0.15) is 30.0 Å². The van der Waals surface area contributed by atoms with Gasteiger partial charge in [0.05, 0.1) is 56.2 Å². The first-order chi connectivity index (χ1) is 29.6. The summed E-state index contributed by atoms with van der Waals surface area (Å²) in [6.07, 6.45) is 3.45. The van der Waals surface area contributed by atoms with Crippen molar-refractivity contribution in [3.05, 3.63) is 78.1 Å². The van der Waals surface area contributed by atoms with Crippen LogP contribution in [-0.2, 0) is 35.1 Å². The Morgan fingerprint density at radius 2 is 1.41 bits per heavy atom. The number of carbonyl (C=O) groups is 4. The van der Waals surface area contributed by atoms with Gasteiger partial charge in [-0.1, -0.05) is 30.3 Å². The number of rotatable bonds is 12. The van der Waals surface area contributed by atoms with E-state index in [1.165, 1.54) is 21.3 Å². The van der Waals surface area contributed by atoms with Gasteiger partial charge in [-0.2, -0.15) is 0 Å². The summed E-state index contributed by atoms with van der Waals surface area (Å²) in [5.74, 6) is 1.55. The first-order valence-electron chi connectivity index (χ1n) is 20.5. The van der Waals surface area contributed by atoms with Crippen LogP contribution in [0.4, 0.5) is 9.59 Å². The molecule has 8 rings (SSSR count). The van der Waals surface area contributed by atoms with Crippen LogP contribution in [0.2, 0.25) is 0 Å². The first kappa shape index (κ1) is 41.3. The smallest absolute Gasteiger partial charge is 0.409 e. The normalized spacial score (nSPS) is 18.4. The lowest BCUT2D eigenvalue weighted by Crippen LogP contribution is -2.54. The number of nitrogens with one attached hydrogen (secondary N) is 4. The molecule has 3 aliphatic heterocycles. The molecule has 0 saturated carbocycles. The maximum atomic E-state index is 13.7. The van der Waals surface area contributed by atoms with Gasteiger partial charge >= 0.3 is 12.2 Å². The molecule has 4 amide bonds. The lowest BCUT2D eigenvalue weighted by molar-refractivity contribution is -0.146. The minimum atomic E-state index is -1.15. The molecule has 0 aliphatic carbocycles. The zero-order valence-electron chi connectivity index (χ0n) is 34.8. The molecule has 17 nitrogen and oxygen atoms in total. The molecule has 2 saturated heterocycles. The van der Waals surface area contributed by atoms with E-state index in [4.69, 9.17) is 28.7 Å². The number of imidazole rings is 2. The summed E-state index contributed by atoms with van der Waals surface area (Å²) >= 11 is 0. The number of amides is 4. The van der Waals surface area contributed by atoms with E-state index in [9.17, 15) is 19.2 Å². The van der Waals surface area contributed by atoms with Gasteiger partial charge in [-0.05, 0) is 79.8 Å². The highest BCUT2D eigenvalue weighted by Crippen LogP contribution is 2.44. The molecule has 320 valence electrons. The zero-order valence-corrected chi connectivity index (χ0v) is 34.8. The molecule has 0 bridgehead atoms. The van der Waals surface area contributed by atoms with E-state index in [0.29, 0.717) is 31.3 Å². The fourth-order valence-electron chi connectivity index (χ4n) is 8.60. The van der Waals surface area contributed by atoms with Gasteiger partial charge in [0.2, 0.25) is 12.1 Å². The first-order valence-corrected chi connectivity index (χ1v) is 20.5. The number of methoxy groups -OCH3 is 3. The second kappa shape index (κ2) is 17.6. The number of benzene rings is 3. The summed E-state index contributed by atoms with van der Waals surface area (Å²) < 4.78 is 26.9. The molecule has 17 heteroatoms. The number of carbonyl (C=O) groups excluding carboxylic acids is 4. The van der Waals surface area contributed by atoms with E-state index in [-0.39, 0.29) is 30.5 Å². The lowest BCUT2D eigenvalue weighted by Gasteiger charge is -2.30. The predicted molar refractivity (Wildman–Crippen MR) is 223 cm³/mol. The molecule has 3 aliphatic rings. The Bertz CT molecular complexity index is 2450. The van der Waals surface area contributed by atoms with E-state index < -0.39 is 30.6 Å². The van der Waals surface area contributed by atoms with Crippen LogP contribution in [0.5, 0.6) is 5.75 Å².